The zero-order valence-corrected chi connectivity index (χ0v) is 12.2. The van der Waals surface area contributed by atoms with Gasteiger partial charge in [-0.2, -0.15) is 0 Å². The molecule has 0 fully saturated rings. The summed E-state index contributed by atoms with van der Waals surface area (Å²) in [7, 11) is -3.25. The largest absolute Gasteiger partial charge is 0.378 e. The van der Waals surface area contributed by atoms with Gasteiger partial charge in [0.05, 0.1) is 9.67 Å². The summed E-state index contributed by atoms with van der Waals surface area (Å²) in [6.07, 6.45) is 1.15. The maximum atomic E-state index is 11.6. The average Bonchev–Trinajstić information content (AvgIpc) is 2.24. The number of anilines is 1. The van der Waals surface area contributed by atoms with Crippen LogP contribution in [-0.2, 0) is 9.84 Å². The summed E-state index contributed by atoms with van der Waals surface area (Å²) >= 11 is 0. The van der Waals surface area contributed by atoms with Crippen molar-refractivity contribution < 1.29 is 13.3 Å². The predicted molar refractivity (Wildman–Crippen MR) is 75.2 cm³/mol. The molecule has 6 nitrogen and oxygen atoms in total. The molecule has 0 aliphatic heterocycles. The van der Waals surface area contributed by atoms with Gasteiger partial charge < -0.3 is 5.32 Å². The average molecular weight is 286 g/mol. The highest BCUT2D eigenvalue weighted by molar-refractivity contribution is 7.92. The summed E-state index contributed by atoms with van der Waals surface area (Å²) in [5.41, 5.74) is 1.14. The highest BCUT2D eigenvalue weighted by Crippen LogP contribution is 2.26. The third-order valence-corrected chi connectivity index (χ3v) is 5.21. The highest BCUT2D eigenvalue weighted by Gasteiger charge is 2.30. The van der Waals surface area contributed by atoms with Gasteiger partial charge in [-0.05, 0) is 32.4 Å². The molecule has 1 aromatic rings. The molecule has 0 saturated heterocycles. The van der Waals surface area contributed by atoms with Gasteiger partial charge in [0.2, 0.25) is 0 Å². The van der Waals surface area contributed by atoms with Crippen LogP contribution in [-0.4, -0.2) is 30.9 Å². The van der Waals surface area contributed by atoms with Crippen LogP contribution in [0.4, 0.5) is 11.4 Å². The van der Waals surface area contributed by atoms with Crippen molar-refractivity contribution in [1.82, 2.24) is 0 Å². The SMILES string of the molecule is Cc1ccc([N+](=O)[O-])c(NCC(C)(C)S(C)(=O)=O)c1. The maximum Gasteiger partial charge on any atom is 0.292 e. The summed E-state index contributed by atoms with van der Waals surface area (Å²) in [5, 5.41) is 13.8. The zero-order chi connectivity index (χ0) is 14.8. The van der Waals surface area contributed by atoms with E-state index in [1.165, 1.54) is 6.07 Å². The molecule has 19 heavy (non-hydrogen) atoms. The lowest BCUT2D eigenvalue weighted by molar-refractivity contribution is -0.384. The molecule has 0 spiro atoms. The summed E-state index contributed by atoms with van der Waals surface area (Å²) in [6, 6.07) is 4.69. The fraction of sp³-hybridized carbons (Fsp3) is 0.500. The van der Waals surface area contributed by atoms with E-state index in [0.29, 0.717) is 5.69 Å². The van der Waals surface area contributed by atoms with Crippen LogP contribution in [0, 0.1) is 17.0 Å². The van der Waals surface area contributed by atoms with Crippen molar-refractivity contribution >= 4 is 21.2 Å². The number of hydrogen-bond acceptors (Lipinski definition) is 5. The topological polar surface area (TPSA) is 89.3 Å². The minimum atomic E-state index is -3.25. The van der Waals surface area contributed by atoms with Crippen LogP contribution in [0.3, 0.4) is 0 Å². The van der Waals surface area contributed by atoms with Crippen LogP contribution in [0.25, 0.3) is 0 Å². The Bertz CT molecular complexity index is 594. The molecule has 106 valence electrons. The summed E-state index contributed by atoms with van der Waals surface area (Å²) < 4.78 is 22.2. The number of nitro benzene ring substituents is 1. The minimum Gasteiger partial charge on any atom is -0.378 e. The van der Waals surface area contributed by atoms with Gasteiger partial charge >= 0.3 is 0 Å². The number of sulfone groups is 1. The van der Waals surface area contributed by atoms with Gasteiger partial charge in [-0.25, -0.2) is 8.42 Å². The molecule has 0 aliphatic carbocycles. The van der Waals surface area contributed by atoms with Crippen molar-refractivity contribution in [2.24, 2.45) is 0 Å². The van der Waals surface area contributed by atoms with Crippen molar-refractivity contribution in [3.05, 3.63) is 33.9 Å². The van der Waals surface area contributed by atoms with Crippen LogP contribution in [0.5, 0.6) is 0 Å². The molecule has 0 bridgehead atoms. The number of nitrogens with one attached hydrogen (secondary N) is 1. The second-order valence-corrected chi connectivity index (χ2v) is 7.81. The monoisotopic (exact) mass is 286 g/mol. The second kappa shape index (κ2) is 5.16. The van der Waals surface area contributed by atoms with Crippen LogP contribution in [0.2, 0.25) is 0 Å². The number of aryl methyl sites for hydroxylation is 1. The molecule has 7 heteroatoms. The van der Waals surface area contributed by atoms with Crippen molar-refractivity contribution in [2.45, 2.75) is 25.5 Å². The van der Waals surface area contributed by atoms with Gasteiger partial charge in [0.1, 0.15) is 5.69 Å². The Morgan fingerprint density at radius 3 is 2.42 bits per heavy atom. The van der Waals surface area contributed by atoms with E-state index in [-0.39, 0.29) is 12.2 Å². The molecule has 1 rings (SSSR count). The standard InChI is InChI=1S/C12H18N2O4S/c1-9-5-6-11(14(15)16)10(7-9)13-8-12(2,3)19(4,17)18/h5-7,13H,8H2,1-4H3. The first kappa shape index (κ1) is 15.4. The fourth-order valence-electron chi connectivity index (χ4n) is 1.39. The summed E-state index contributed by atoms with van der Waals surface area (Å²) in [5.74, 6) is 0. The van der Waals surface area contributed by atoms with Gasteiger partial charge in [-0.15, -0.1) is 0 Å². The van der Waals surface area contributed by atoms with E-state index in [1.807, 2.05) is 6.92 Å². The smallest absolute Gasteiger partial charge is 0.292 e. The Balaban J connectivity index is 3.01. The highest BCUT2D eigenvalue weighted by atomic mass is 32.2. The lowest BCUT2D eigenvalue weighted by Gasteiger charge is -2.23. The Hall–Kier alpha value is -1.63. The maximum absolute atomic E-state index is 11.6. The van der Waals surface area contributed by atoms with Gasteiger partial charge in [0.15, 0.2) is 9.84 Å². The van der Waals surface area contributed by atoms with Crippen LogP contribution in [0.1, 0.15) is 19.4 Å². The first-order chi connectivity index (χ1) is 8.54. The third-order valence-electron chi connectivity index (χ3n) is 3.06. The fourth-order valence-corrected chi connectivity index (χ4v) is 1.72. The van der Waals surface area contributed by atoms with E-state index in [4.69, 9.17) is 0 Å². The van der Waals surface area contributed by atoms with E-state index in [2.05, 4.69) is 5.32 Å². The molecular formula is C12H18N2O4S. The van der Waals surface area contributed by atoms with Gasteiger partial charge in [0, 0.05) is 18.9 Å². The summed E-state index contributed by atoms with van der Waals surface area (Å²) in [6.45, 7) is 5.08. The predicted octanol–water partition coefficient (Wildman–Crippen LogP) is 2.14. The molecule has 0 aromatic heterocycles. The van der Waals surface area contributed by atoms with E-state index in [0.717, 1.165) is 11.8 Å². The van der Waals surface area contributed by atoms with Crippen molar-refractivity contribution in [1.29, 1.82) is 0 Å². The molecule has 0 unspecified atom stereocenters. The number of rotatable bonds is 5. The molecule has 1 aromatic carbocycles. The van der Waals surface area contributed by atoms with Crippen LogP contribution >= 0.6 is 0 Å². The summed E-state index contributed by atoms with van der Waals surface area (Å²) in [4.78, 5) is 10.4. The minimum absolute atomic E-state index is 0.0603. The second-order valence-electron chi connectivity index (χ2n) is 5.16. The lowest BCUT2D eigenvalue weighted by Crippen LogP contribution is -2.38. The Morgan fingerprint density at radius 2 is 1.95 bits per heavy atom. The van der Waals surface area contributed by atoms with Gasteiger partial charge in [-0.1, -0.05) is 6.07 Å². The first-order valence-corrected chi connectivity index (χ1v) is 7.62. The lowest BCUT2D eigenvalue weighted by atomic mass is 10.1. The van der Waals surface area contributed by atoms with E-state index in [9.17, 15) is 18.5 Å². The van der Waals surface area contributed by atoms with Crippen molar-refractivity contribution in [3.8, 4) is 0 Å². The molecule has 0 amide bonds. The molecule has 0 radical (unpaired) electrons. The normalized spacial score (nSPS) is 12.2. The zero-order valence-electron chi connectivity index (χ0n) is 11.4. The molecular weight excluding hydrogens is 268 g/mol. The molecule has 0 aliphatic rings. The van der Waals surface area contributed by atoms with Gasteiger partial charge in [-0.3, -0.25) is 10.1 Å². The molecule has 0 heterocycles. The molecule has 0 saturated carbocycles. The third kappa shape index (κ3) is 3.66. The quantitative estimate of drug-likeness (QED) is 0.661. The van der Waals surface area contributed by atoms with Crippen LogP contribution in [0.15, 0.2) is 18.2 Å². The number of nitro groups is 1. The number of hydrogen-bond donors (Lipinski definition) is 1. The number of nitrogens with zero attached hydrogens (tertiary/aromatic N) is 1. The molecule has 1 N–H and O–H groups in total. The van der Waals surface area contributed by atoms with Gasteiger partial charge in [0.25, 0.3) is 5.69 Å². The van der Waals surface area contributed by atoms with Crippen molar-refractivity contribution in [2.75, 3.05) is 18.1 Å². The first-order valence-electron chi connectivity index (χ1n) is 5.73. The molecule has 0 atom stereocenters. The Kier molecular flexibility index (Phi) is 4.19. The van der Waals surface area contributed by atoms with E-state index in [1.54, 1.807) is 26.0 Å². The van der Waals surface area contributed by atoms with E-state index >= 15 is 0 Å². The van der Waals surface area contributed by atoms with Crippen LogP contribution < -0.4 is 5.32 Å². The number of benzene rings is 1. The Morgan fingerprint density at radius 1 is 1.37 bits per heavy atom. The Labute approximate surface area is 112 Å². The van der Waals surface area contributed by atoms with Crippen molar-refractivity contribution in [3.63, 3.8) is 0 Å². The van der Waals surface area contributed by atoms with E-state index < -0.39 is 19.5 Å².